The fourth-order valence-corrected chi connectivity index (χ4v) is 4.46. The molecule has 1 N–H and O–H groups in total. The maximum atomic E-state index is 12.4. The van der Waals surface area contributed by atoms with Gasteiger partial charge in [0.2, 0.25) is 5.91 Å². The molecule has 1 aliphatic carbocycles. The van der Waals surface area contributed by atoms with E-state index in [0.29, 0.717) is 30.9 Å². The maximum Gasteiger partial charge on any atom is 0.252 e. The fraction of sp³-hybridized carbons (Fsp3) is 0.647. The van der Waals surface area contributed by atoms with Gasteiger partial charge < -0.3 is 15.0 Å². The molecule has 0 bridgehead atoms. The Hall–Kier alpha value is -1.40. The molecule has 23 heavy (non-hydrogen) atoms. The van der Waals surface area contributed by atoms with Crippen molar-refractivity contribution in [2.75, 3.05) is 26.2 Å². The summed E-state index contributed by atoms with van der Waals surface area (Å²) in [5.74, 6) is 1.22. The van der Waals surface area contributed by atoms with Crippen molar-refractivity contribution < 1.29 is 14.3 Å². The van der Waals surface area contributed by atoms with Crippen LogP contribution in [0.3, 0.4) is 0 Å². The molecule has 1 saturated carbocycles. The number of rotatable bonds is 4. The van der Waals surface area contributed by atoms with Gasteiger partial charge in [0.05, 0.1) is 12.7 Å². The second-order valence-corrected chi connectivity index (χ2v) is 7.67. The van der Waals surface area contributed by atoms with Crippen molar-refractivity contribution in [1.29, 1.82) is 0 Å². The number of nitrogens with one attached hydrogen (secondary N) is 1. The molecule has 6 heteroatoms. The lowest BCUT2D eigenvalue weighted by atomic mass is 9.84. The Balaban J connectivity index is 1.31. The number of nitrogens with zero attached hydrogens (tertiary/aromatic N) is 1. The minimum Gasteiger partial charge on any atom is -0.376 e. The van der Waals surface area contributed by atoms with Crippen LogP contribution in [0.5, 0.6) is 0 Å². The molecule has 4 rings (SSSR count). The van der Waals surface area contributed by atoms with E-state index in [2.05, 4.69) is 5.32 Å². The Kier molecular flexibility index (Phi) is 4.11. The SMILES string of the molecule is O=C(NC[C@H]1CO[C@@H]2CN(C(=O)C3CCC3)C[C@H]12)c1ccsc1. The van der Waals surface area contributed by atoms with Crippen LogP contribution in [-0.2, 0) is 9.53 Å². The molecule has 3 atom stereocenters. The number of fused-ring (bicyclic) bond motifs is 1. The van der Waals surface area contributed by atoms with Crippen LogP contribution in [-0.4, -0.2) is 49.1 Å². The maximum absolute atomic E-state index is 12.4. The molecule has 3 fully saturated rings. The first kappa shape index (κ1) is 15.1. The first-order valence-electron chi connectivity index (χ1n) is 8.43. The topological polar surface area (TPSA) is 58.6 Å². The van der Waals surface area contributed by atoms with Gasteiger partial charge in [-0.1, -0.05) is 6.42 Å². The summed E-state index contributed by atoms with van der Waals surface area (Å²) < 4.78 is 5.88. The van der Waals surface area contributed by atoms with Gasteiger partial charge in [0, 0.05) is 48.3 Å². The van der Waals surface area contributed by atoms with Gasteiger partial charge in [0.25, 0.3) is 5.91 Å². The molecule has 0 radical (unpaired) electrons. The van der Waals surface area contributed by atoms with Gasteiger partial charge in [0.15, 0.2) is 0 Å². The van der Waals surface area contributed by atoms with Gasteiger partial charge in [0.1, 0.15) is 0 Å². The van der Waals surface area contributed by atoms with E-state index in [4.69, 9.17) is 4.74 Å². The predicted molar refractivity (Wildman–Crippen MR) is 87.3 cm³/mol. The first-order chi connectivity index (χ1) is 11.2. The average molecular weight is 334 g/mol. The Bertz CT molecular complexity index is 585. The summed E-state index contributed by atoms with van der Waals surface area (Å²) in [6.07, 6.45) is 3.43. The second kappa shape index (κ2) is 6.24. The third kappa shape index (κ3) is 2.90. The highest BCUT2D eigenvalue weighted by Crippen LogP contribution is 2.36. The number of thiophene rings is 1. The number of carbonyl (C=O) groups excluding carboxylic acids is 2. The van der Waals surface area contributed by atoms with Gasteiger partial charge >= 0.3 is 0 Å². The third-order valence-electron chi connectivity index (χ3n) is 5.51. The molecule has 5 nitrogen and oxygen atoms in total. The lowest BCUT2D eigenvalue weighted by molar-refractivity contribution is -0.137. The highest BCUT2D eigenvalue weighted by Gasteiger charge is 2.46. The van der Waals surface area contributed by atoms with Crippen molar-refractivity contribution in [3.8, 4) is 0 Å². The third-order valence-corrected chi connectivity index (χ3v) is 6.20. The summed E-state index contributed by atoms with van der Waals surface area (Å²) in [7, 11) is 0. The molecular weight excluding hydrogens is 312 g/mol. The Morgan fingerprint density at radius 2 is 2.22 bits per heavy atom. The van der Waals surface area contributed by atoms with E-state index >= 15 is 0 Å². The van der Waals surface area contributed by atoms with Gasteiger partial charge in [-0.2, -0.15) is 11.3 Å². The van der Waals surface area contributed by atoms with E-state index in [1.54, 1.807) is 0 Å². The van der Waals surface area contributed by atoms with Crippen molar-refractivity contribution in [2.24, 2.45) is 17.8 Å². The molecule has 2 saturated heterocycles. The van der Waals surface area contributed by atoms with E-state index in [-0.39, 0.29) is 17.9 Å². The van der Waals surface area contributed by atoms with Crippen LogP contribution in [0, 0.1) is 17.8 Å². The molecule has 3 aliphatic rings. The number of hydrogen-bond donors (Lipinski definition) is 1. The van der Waals surface area contributed by atoms with E-state index < -0.39 is 0 Å². The van der Waals surface area contributed by atoms with Gasteiger partial charge in [-0.3, -0.25) is 9.59 Å². The summed E-state index contributed by atoms with van der Waals surface area (Å²) in [5.41, 5.74) is 0.721. The number of ether oxygens (including phenoxy) is 1. The summed E-state index contributed by atoms with van der Waals surface area (Å²) in [5, 5.41) is 6.78. The average Bonchev–Trinajstić information content (AvgIpc) is 3.20. The molecule has 124 valence electrons. The number of amides is 2. The molecule has 0 unspecified atom stereocenters. The lowest BCUT2D eigenvalue weighted by Gasteiger charge is -2.29. The quantitative estimate of drug-likeness (QED) is 0.913. The lowest BCUT2D eigenvalue weighted by Crippen LogP contribution is -2.39. The molecule has 2 aliphatic heterocycles. The minimum absolute atomic E-state index is 0.0184. The van der Waals surface area contributed by atoms with Gasteiger partial charge in [-0.25, -0.2) is 0 Å². The summed E-state index contributed by atoms with van der Waals surface area (Å²) in [6, 6.07) is 1.84. The van der Waals surface area contributed by atoms with Crippen LogP contribution in [0.4, 0.5) is 0 Å². The minimum atomic E-state index is -0.0184. The molecule has 0 aromatic carbocycles. The standard InChI is InChI=1S/C17H22N2O3S/c20-16(12-4-5-23-10-12)18-6-13-9-22-15-8-19(7-14(13)15)17(21)11-2-1-3-11/h4-5,10-11,13-15H,1-3,6-9H2,(H,18,20)/t13-,14+,15+/m0/s1. The van der Waals surface area contributed by atoms with Crippen molar-refractivity contribution in [3.05, 3.63) is 22.4 Å². The van der Waals surface area contributed by atoms with Crippen molar-refractivity contribution in [2.45, 2.75) is 25.4 Å². The zero-order valence-corrected chi connectivity index (χ0v) is 13.9. The highest BCUT2D eigenvalue weighted by molar-refractivity contribution is 7.08. The number of hydrogen-bond acceptors (Lipinski definition) is 4. The van der Waals surface area contributed by atoms with Gasteiger partial charge in [-0.15, -0.1) is 0 Å². The Labute approximate surface area is 140 Å². The van der Waals surface area contributed by atoms with Gasteiger partial charge in [-0.05, 0) is 24.3 Å². The summed E-state index contributed by atoms with van der Waals surface area (Å²) >= 11 is 1.53. The van der Waals surface area contributed by atoms with Crippen LogP contribution < -0.4 is 5.32 Å². The second-order valence-electron chi connectivity index (χ2n) is 6.89. The predicted octanol–water partition coefficient (Wildman–Crippen LogP) is 1.75. The fourth-order valence-electron chi connectivity index (χ4n) is 3.82. The molecule has 0 spiro atoms. The van der Waals surface area contributed by atoms with Crippen molar-refractivity contribution in [3.63, 3.8) is 0 Å². The van der Waals surface area contributed by atoms with Crippen LogP contribution >= 0.6 is 11.3 Å². The smallest absolute Gasteiger partial charge is 0.252 e. The van der Waals surface area contributed by atoms with E-state index in [0.717, 1.165) is 31.5 Å². The van der Waals surface area contributed by atoms with E-state index in [1.807, 2.05) is 21.7 Å². The largest absolute Gasteiger partial charge is 0.376 e. The van der Waals surface area contributed by atoms with Crippen LogP contribution in [0.1, 0.15) is 29.6 Å². The first-order valence-corrected chi connectivity index (χ1v) is 9.37. The highest BCUT2D eigenvalue weighted by atomic mass is 32.1. The van der Waals surface area contributed by atoms with E-state index in [9.17, 15) is 9.59 Å². The Morgan fingerprint density at radius 1 is 1.35 bits per heavy atom. The molecule has 1 aromatic heterocycles. The molecule has 1 aromatic rings. The zero-order valence-electron chi connectivity index (χ0n) is 13.1. The van der Waals surface area contributed by atoms with Crippen molar-refractivity contribution >= 4 is 23.2 Å². The normalized spacial score (nSPS) is 30.1. The van der Waals surface area contributed by atoms with E-state index in [1.165, 1.54) is 17.8 Å². The summed E-state index contributed by atoms with van der Waals surface area (Å²) in [4.78, 5) is 26.4. The van der Waals surface area contributed by atoms with Crippen molar-refractivity contribution in [1.82, 2.24) is 10.2 Å². The molecular formula is C17H22N2O3S. The Morgan fingerprint density at radius 3 is 2.91 bits per heavy atom. The van der Waals surface area contributed by atoms with Crippen LogP contribution in [0.25, 0.3) is 0 Å². The zero-order chi connectivity index (χ0) is 15.8. The summed E-state index contributed by atoms with van der Waals surface area (Å²) in [6.45, 7) is 2.83. The monoisotopic (exact) mass is 334 g/mol. The molecule has 2 amide bonds. The number of likely N-dealkylation sites (tertiary alicyclic amines) is 1. The van der Waals surface area contributed by atoms with Crippen LogP contribution in [0.15, 0.2) is 16.8 Å². The molecule has 3 heterocycles. The van der Waals surface area contributed by atoms with Crippen LogP contribution in [0.2, 0.25) is 0 Å². The number of carbonyl (C=O) groups is 2.